The number of imidazole rings is 1. The molecule has 0 spiro atoms. The van der Waals surface area contributed by atoms with Crippen LogP contribution in [0.2, 0.25) is 0 Å². The fourth-order valence-electron chi connectivity index (χ4n) is 2.34. The molecule has 0 bridgehead atoms. The molecule has 7 nitrogen and oxygen atoms in total. The van der Waals surface area contributed by atoms with Crippen molar-refractivity contribution in [2.45, 2.75) is 24.8 Å². The van der Waals surface area contributed by atoms with Crippen molar-refractivity contribution < 1.29 is 13.2 Å². The average molecular weight is 320 g/mol. The van der Waals surface area contributed by atoms with E-state index in [0.717, 1.165) is 17.0 Å². The lowest BCUT2D eigenvalue weighted by Gasteiger charge is -2.26. The number of hydrogen-bond donors (Lipinski definition) is 2. The van der Waals surface area contributed by atoms with E-state index in [2.05, 4.69) is 14.7 Å². The number of H-pyrrole nitrogens is 1. The Bertz CT molecular complexity index is 796. The number of rotatable bonds is 2. The van der Waals surface area contributed by atoms with Crippen molar-refractivity contribution in [1.82, 2.24) is 19.6 Å². The predicted molar refractivity (Wildman–Crippen MR) is 79.6 cm³/mol. The third-order valence-corrected chi connectivity index (χ3v) is 4.95. The van der Waals surface area contributed by atoms with Crippen molar-refractivity contribution >= 4 is 16.1 Å². The van der Waals surface area contributed by atoms with Gasteiger partial charge in [-0.25, -0.2) is 22.9 Å². The molecule has 0 saturated carbocycles. The maximum absolute atomic E-state index is 12.2. The van der Waals surface area contributed by atoms with E-state index in [0.29, 0.717) is 19.5 Å². The largest absolute Gasteiger partial charge is 0.347 e. The Morgan fingerprint density at radius 2 is 2.05 bits per heavy atom. The van der Waals surface area contributed by atoms with E-state index in [1.807, 2.05) is 6.92 Å². The number of sulfonamides is 1. The molecular formula is C14H16N4O3S. The Balaban J connectivity index is 1.73. The van der Waals surface area contributed by atoms with Crippen LogP contribution in [0.5, 0.6) is 0 Å². The van der Waals surface area contributed by atoms with Gasteiger partial charge in [0.15, 0.2) is 0 Å². The quantitative estimate of drug-likeness (QED) is 0.868. The van der Waals surface area contributed by atoms with Gasteiger partial charge < -0.3 is 9.88 Å². The molecule has 0 radical (unpaired) electrons. The zero-order valence-electron chi connectivity index (χ0n) is 12.0. The van der Waals surface area contributed by atoms with Crippen LogP contribution < -0.4 is 4.72 Å². The van der Waals surface area contributed by atoms with Gasteiger partial charge in [0.25, 0.3) is 10.0 Å². The van der Waals surface area contributed by atoms with Crippen molar-refractivity contribution in [3.8, 4) is 0 Å². The maximum atomic E-state index is 12.2. The first-order valence-corrected chi connectivity index (χ1v) is 8.33. The lowest BCUT2D eigenvalue weighted by Crippen LogP contribution is -2.45. The van der Waals surface area contributed by atoms with E-state index in [1.54, 1.807) is 18.5 Å². The molecule has 1 aliphatic heterocycles. The molecule has 0 unspecified atom stereocenters. The molecule has 22 heavy (non-hydrogen) atoms. The summed E-state index contributed by atoms with van der Waals surface area (Å²) >= 11 is 0. The number of carbonyl (C=O) groups excluding carboxylic acids is 1. The molecule has 2 heterocycles. The van der Waals surface area contributed by atoms with Crippen LogP contribution in [-0.4, -0.2) is 35.9 Å². The van der Waals surface area contributed by atoms with Crippen LogP contribution in [0.4, 0.5) is 4.79 Å². The van der Waals surface area contributed by atoms with Gasteiger partial charge in [-0.2, -0.15) is 0 Å². The van der Waals surface area contributed by atoms with E-state index in [-0.39, 0.29) is 4.90 Å². The molecule has 0 fully saturated rings. The molecule has 1 aromatic heterocycles. The second-order valence-corrected chi connectivity index (χ2v) is 6.91. The molecule has 1 aliphatic rings. The third-order valence-electron chi connectivity index (χ3n) is 3.62. The fourth-order valence-corrected chi connectivity index (χ4v) is 3.31. The highest BCUT2D eigenvalue weighted by atomic mass is 32.2. The van der Waals surface area contributed by atoms with E-state index >= 15 is 0 Å². The molecule has 2 N–H and O–H groups in total. The summed E-state index contributed by atoms with van der Waals surface area (Å²) in [6.45, 7) is 2.63. The lowest BCUT2D eigenvalue weighted by atomic mass is 10.1. The Morgan fingerprint density at radius 1 is 1.32 bits per heavy atom. The zero-order chi connectivity index (χ0) is 15.7. The number of nitrogens with zero attached hydrogens (tertiary/aromatic N) is 2. The molecule has 2 amide bonds. The second-order valence-electron chi connectivity index (χ2n) is 5.22. The van der Waals surface area contributed by atoms with Gasteiger partial charge in [-0.05, 0) is 19.1 Å². The molecule has 3 rings (SSSR count). The molecule has 1 aromatic carbocycles. The first-order chi connectivity index (χ1) is 10.5. The van der Waals surface area contributed by atoms with Crippen molar-refractivity contribution in [2.24, 2.45) is 0 Å². The van der Waals surface area contributed by atoms with Crippen LogP contribution >= 0.6 is 0 Å². The van der Waals surface area contributed by atoms with Gasteiger partial charge in [-0.1, -0.05) is 17.7 Å². The lowest BCUT2D eigenvalue weighted by molar-refractivity contribution is 0.197. The van der Waals surface area contributed by atoms with Crippen LogP contribution in [0.25, 0.3) is 0 Å². The maximum Gasteiger partial charge on any atom is 0.331 e. The SMILES string of the molecule is Cc1ccc(S(=O)(=O)NC(=O)N2CCc3nc[nH]c3C2)cc1. The molecular weight excluding hydrogens is 304 g/mol. The van der Waals surface area contributed by atoms with E-state index in [1.165, 1.54) is 17.0 Å². The van der Waals surface area contributed by atoms with Crippen LogP contribution in [0, 0.1) is 6.92 Å². The highest BCUT2D eigenvalue weighted by Gasteiger charge is 2.26. The van der Waals surface area contributed by atoms with E-state index < -0.39 is 16.1 Å². The smallest absolute Gasteiger partial charge is 0.331 e. The van der Waals surface area contributed by atoms with Crippen LogP contribution in [0.3, 0.4) is 0 Å². The van der Waals surface area contributed by atoms with E-state index in [9.17, 15) is 13.2 Å². The Hall–Kier alpha value is -2.35. The number of aryl methyl sites for hydroxylation is 1. The second kappa shape index (κ2) is 5.45. The number of benzene rings is 1. The summed E-state index contributed by atoms with van der Waals surface area (Å²) in [4.78, 5) is 20.8. The van der Waals surface area contributed by atoms with Crippen LogP contribution in [0.15, 0.2) is 35.5 Å². The number of aromatic amines is 1. The molecule has 116 valence electrons. The van der Waals surface area contributed by atoms with Gasteiger partial charge in [-0.3, -0.25) is 0 Å². The monoisotopic (exact) mass is 320 g/mol. The summed E-state index contributed by atoms with van der Waals surface area (Å²) < 4.78 is 26.5. The van der Waals surface area contributed by atoms with Crippen LogP contribution in [0.1, 0.15) is 17.0 Å². The number of carbonyl (C=O) groups is 1. The van der Waals surface area contributed by atoms with Gasteiger partial charge in [0.2, 0.25) is 0 Å². The average Bonchev–Trinajstić information content (AvgIpc) is 2.94. The minimum atomic E-state index is -3.86. The van der Waals surface area contributed by atoms with Gasteiger partial charge in [0.1, 0.15) is 0 Å². The summed E-state index contributed by atoms with van der Waals surface area (Å²) in [5.41, 5.74) is 2.72. The first-order valence-electron chi connectivity index (χ1n) is 6.85. The fraction of sp³-hybridized carbons (Fsp3) is 0.286. The molecule has 0 atom stereocenters. The number of nitrogens with one attached hydrogen (secondary N) is 2. The first kappa shape index (κ1) is 14.6. The number of aromatic nitrogens is 2. The van der Waals surface area contributed by atoms with Crippen molar-refractivity contribution in [3.63, 3.8) is 0 Å². The summed E-state index contributed by atoms with van der Waals surface area (Å²) in [7, 11) is -3.86. The third kappa shape index (κ3) is 2.82. The number of hydrogen-bond acceptors (Lipinski definition) is 4. The highest BCUT2D eigenvalue weighted by molar-refractivity contribution is 7.90. The van der Waals surface area contributed by atoms with Crippen molar-refractivity contribution in [1.29, 1.82) is 0 Å². The Kier molecular flexibility index (Phi) is 3.61. The molecule has 0 aliphatic carbocycles. The minimum absolute atomic E-state index is 0.0747. The van der Waals surface area contributed by atoms with Gasteiger partial charge in [0.05, 0.1) is 29.2 Å². The van der Waals surface area contributed by atoms with Gasteiger partial charge in [0, 0.05) is 13.0 Å². The Labute approximate surface area is 128 Å². The number of amides is 2. The number of urea groups is 1. The van der Waals surface area contributed by atoms with Crippen LogP contribution in [-0.2, 0) is 23.0 Å². The summed E-state index contributed by atoms with van der Waals surface area (Å²) in [6.07, 6.45) is 2.19. The standard InChI is InChI=1S/C14H16N4O3S/c1-10-2-4-11(5-3-10)22(20,21)17-14(19)18-7-6-12-13(8-18)16-9-15-12/h2-5,9H,6-8H2,1H3,(H,15,16)(H,17,19). The van der Waals surface area contributed by atoms with Crippen molar-refractivity contribution in [2.75, 3.05) is 6.54 Å². The number of fused-ring (bicyclic) bond motifs is 1. The Morgan fingerprint density at radius 3 is 2.77 bits per heavy atom. The summed E-state index contributed by atoms with van der Waals surface area (Å²) in [5, 5.41) is 0. The molecule has 2 aromatic rings. The normalized spacial score (nSPS) is 14.5. The molecule has 0 saturated heterocycles. The summed E-state index contributed by atoms with van der Waals surface area (Å²) in [6, 6.07) is 5.72. The van der Waals surface area contributed by atoms with E-state index in [4.69, 9.17) is 0 Å². The summed E-state index contributed by atoms with van der Waals surface area (Å²) in [5.74, 6) is 0. The van der Waals surface area contributed by atoms with Gasteiger partial charge in [-0.15, -0.1) is 0 Å². The zero-order valence-corrected chi connectivity index (χ0v) is 12.9. The minimum Gasteiger partial charge on any atom is -0.347 e. The predicted octanol–water partition coefficient (Wildman–Crippen LogP) is 1.17. The van der Waals surface area contributed by atoms with Crippen molar-refractivity contribution in [3.05, 3.63) is 47.5 Å². The molecule has 8 heteroatoms. The topological polar surface area (TPSA) is 95.2 Å². The van der Waals surface area contributed by atoms with Gasteiger partial charge >= 0.3 is 6.03 Å². The highest BCUT2D eigenvalue weighted by Crippen LogP contribution is 2.16.